The van der Waals surface area contributed by atoms with Gasteiger partial charge in [-0.1, -0.05) is 42.5 Å². The molecule has 1 atom stereocenters. The zero-order chi connectivity index (χ0) is 19.1. The standard InChI is InChI=1S/C20H21NO5/c1-13-7-6-10-16(19(13)24)20(25)26-12-18(23)21-17(14(2)22)11-15-8-4-3-5-9-15/h3-10,17,24H,11-12H2,1-2H3,(H,21,23)/t17-/m1/s1. The van der Waals surface area contributed by atoms with Crippen LogP contribution in [0.25, 0.3) is 0 Å². The van der Waals surface area contributed by atoms with Gasteiger partial charge in [0.05, 0.1) is 6.04 Å². The van der Waals surface area contributed by atoms with E-state index in [1.165, 1.54) is 13.0 Å². The van der Waals surface area contributed by atoms with E-state index in [4.69, 9.17) is 4.74 Å². The van der Waals surface area contributed by atoms with Crippen LogP contribution in [0, 0.1) is 6.92 Å². The summed E-state index contributed by atoms with van der Waals surface area (Å²) in [7, 11) is 0. The highest BCUT2D eigenvalue weighted by Crippen LogP contribution is 2.21. The van der Waals surface area contributed by atoms with Gasteiger partial charge in [-0.3, -0.25) is 9.59 Å². The molecular weight excluding hydrogens is 334 g/mol. The Labute approximate surface area is 151 Å². The second-order valence-electron chi connectivity index (χ2n) is 5.97. The lowest BCUT2D eigenvalue weighted by atomic mass is 10.0. The summed E-state index contributed by atoms with van der Waals surface area (Å²) < 4.78 is 4.93. The van der Waals surface area contributed by atoms with Gasteiger partial charge in [-0.15, -0.1) is 0 Å². The number of carbonyl (C=O) groups is 3. The number of nitrogens with one attached hydrogen (secondary N) is 1. The maximum absolute atomic E-state index is 12.0. The largest absolute Gasteiger partial charge is 0.507 e. The number of amides is 1. The lowest BCUT2D eigenvalue weighted by Gasteiger charge is -2.16. The Morgan fingerprint density at radius 2 is 1.77 bits per heavy atom. The normalized spacial score (nSPS) is 11.5. The highest BCUT2D eigenvalue weighted by Gasteiger charge is 2.20. The first-order valence-electron chi connectivity index (χ1n) is 8.18. The van der Waals surface area contributed by atoms with Crippen LogP contribution in [-0.2, 0) is 20.7 Å². The van der Waals surface area contributed by atoms with Crippen molar-refractivity contribution in [3.8, 4) is 5.75 Å². The fourth-order valence-corrected chi connectivity index (χ4v) is 2.41. The minimum absolute atomic E-state index is 0.00907. The zero-order valence-corrected chi connectivity index (χ0v) is 14.7. The molecule has 6 nitrogen and oxygen atoms in total. The molecule has 0 aliphatic carbocycles. The Kier molecular flexibility index (Phi) is 6.49. The Morgan fingerprint density at radius 1 is 1.08 bits per heavy atom. The summed E-state index contributed by atoms with van der Waals surface area (Å²) in [5, 5.41) is 12.4. The number of aryl methyl sites for hydroxylation is 1. The molecule has 0 unspecified atom stereocenters. The Hall–Kier alpha value is -3.15. The maximum atomic E-state index is 12.0. The van der Waals surface area contributed by atoms with E-state index in [2.05, 4.69) is 5.32 Å². The van der Waals surface area contributed by atoms with E-state index in [1.807, 2.05) is 30.3 Å². The molecule has 2 rings (SSSR count). The molecular formula is C20H21NO5. The van der Waals surface area contributed by atoms with Crippen molar-refractivity contribution in [3.63, 3.8) is 0 Å². The third kappa shape index (κ3) is 5.17. The second kappa shape index (κ2) is 8.80. The van der Waals surface area contributed by atoms with E-state index in [1.54, 1.807) is 19.1 Å². The van der Waals surface area contributed by atoms with Crippen LogP contribution in [0.3, 0.4) is 0 Å². The van der Waals surface area contributed by atoms with E-state index in [0.717, 1.165) is 5.56 Å². The average Bonchev–Trinajstić information content (AvgIpc) is 2.62. The Balaban J connectivity index is 1.93. The molecule has 0 radical (unpaired) electrons. The number of Topliss-reactive ketones (excluding diaryl/α,β-unsaturated/α-hetero) is 1. The number of ketones is 1. The molecule has 0 bridgehead atoms. The van der Waals surface area contributed by atoms with Crippen LogP contribution >= 0.6 is 0 Å². The van der Waals surface area contributed by atoms with Gasteiger partial charge in [0.25, 0.3) is 5.91 Å². The van der Waals surface area contributed by atoms with Crippen molar-refractivity contribution in [2.24, 2.45) is 0 Å². The summed E-state index contributed by atoms with van der Waals surface area (Å²) in [6, 6.07) is 13.3. The number of phenols is 1. The van der Waals surface area contributed by atoms with E-state index in [9.17, 15) is 19.5 Å². The summed E-state index contributed by atoms with van der Waals surface area (Å²) in [5.41, 5.74) is 1.43. The minimum atomic E-state index is -0.802. The molecule has 26 heavy (non-hydrogen) atoms. The first-order chi connectivity index (χ1) is 12.4. The third-order valence-electron chi connectivity index (χ3n) is 3.90. The van der Waals surface area contributed by atoms with Crippen LogP contribution in [0.5, 0.6) is 5.75 Å². The molecule has 136 valence electrons. The predicted molar refractivity (Wildman–Crippen MR) is 95.9 cm³/mol. The fraction of sp³-hybridized carbons (Fsp3) is 0.250. The summed E-state index contributed by atoms with van der Waals surface area (Å²) in [5.74, 6) is -1.75. The predicted octanol–water partition coefficient (Wildman–Crippen LogP) is 2.17. The van der Waals surface area contributed by atoms with Crippen LogP contribution in [-0.4, -0.2) is 35.4 Å². The summed E-state index contributed by atoms with van der Waals surface area (Å²) in [4.78, 5) is 35.8. The Morgan fingerprint density at radius 3 is 2.42 bits per heavy atom. The number of carbonyl (C=O) groups excluding carboxylic acids is 3. The maximum Gasteiger partial charge on any atom is 0.342 e. The zero-order valence-electron chi connectivity index (χ0n) is 14.7. The number of aromatic hydroxyl groups is 1. The van der Waals surface area contributed by atoms with Crippen LogP contribution in [0.4, 0.5) is 0 Å². The van der Waals surface area contributed by atoms with Crippen molar-refractivity contribution >= 4 is 17.7 Å². The molecule has 0 heterocycles. The van der Waals surface area contributed by atoms with Crippen molar-refractivity contribution in [1.29, 1.82) is 0 Å². The van der Waals surface area contributed by atoms with Crippen molar-refractivity contribution in [1.82, 2.24) is 5.32 Å². The van der Waals surface area contributed by atoms with Gasteiger partial charge < -0.3 is 15.2 Å². The molecule has 0 aliphatic heterocycles. The molecule has 0 aliphatic rings. The highest BCUT2D eigenvalue weighted by molar-refractivity contribution is 5.95. The van der Waals surface area contributed by atoms with Crippen LogP contribution in [0.1, 0.15) is 28.4 Å². The van der Waals surface area contributed by atoms with E-state index in [0.29, 0.717) is 12.0 Å². The number of para-hydroxylation sites is 1. The lowest BCUT2D eigenvalue weighted by Crippen LogP contribution is -2.43. The monoisotopic (exact) mass is 355 g/mol. The van der Waals surface area contributed by atoms with E-state index in [-0.39, 0.29) is 17.1 Å². The lowest BCUT2D eigenvalue weighted by molar-refractivity contribution is -0.128. The van der Waals surface area contributed by atoms with Gasteiger partial charge >= 0.3 is 5.97 Å². The summed E-state index contributed by atoms with van der Waals surface area (Å²) in [6.45, 7) is 2.51. The van der Waals surface area contributed by atoms with Gasteiger partial charge in [-0.2, -0.15) is 0 Å². The first kappa shape index (κ1) is 19.2. The van der Waals surface area contributed by atoms with Crippen molar-refractivity contribution in [3.05, 3.63) is 65.2 Å². The molecule has 2 aromatic carbocycles. The molecule has 0 saturated carbocycles. The smallest absolute Gasteiger partial charge is 0.342 e. The first-order valence-corrected chi connectivity index (χ1v) is 8.18. The molecule has 1 amide bonds. The van der Waals surface area contributed by atoms with Gasteiger partial charge in [-0.25, -0.2) is 4.79 Å². The number of phenolic OH excluding ortho intramolecular Hbond substituents is 1. The SMILES string of the molecule is CC(=O)[C@@H](Cc1ccccc1)NC(=O)COC(=O)c1cccc(C)c1O. The fourth-order valence-electron chi connectivity index (χ4n) is 2.41. The van der Waals surface area contributed by atoms with Crippen molar-refractivity contribution in [2.45, 2.75) is 26.3 Å². The molecule has 0 spiro atoms. The van der Waals surface area contributed by atoms with Gasteiger partial charge in [0.1, 0.15) is 11.3 Å². The van der Waals surface area contributed by atoms with Gasteiger partial charge in [0, 0.05) is 0 Å². The summed E-state index contributed by atoms with van der Waals surface area (Å²) >= 11 is 0. The number of ether oxygens (including phenoxy) is 1. The molecule has 0 aromatic heterocycles. The molecule has 2 aromatic rings. The number of rotatable bonds is 7. The van der Waals surface area contributed by atoms with Gasteiger partial charge in [0.2, 0.25) is 0 Å². The number of benzene rings is 2. The van der Waals surface area contributed by atoms with Crippen LogP contribution in [0.2, 0.25) is 0 Å². The van der Waals surface area contributed by atoms with E-state index < -0.39 is 24.5 Å². The quantitative estimate of drug-likeness (QED) is 0.743. The number of esters is 1. The average molecular weight is 355 g/mol. The molecule has 0 saturated heterocycles. The summed E-state index contributed by atoms with van der Waals surface area (Å²) in [6.07, 6.45) is 0.356. The van der Waals surface area contributed by atoms with Crippen LogP contribution in [0.15, 0.2) is 48.5 Å². The van der Waals surface area contributed by atoms with Gasteiger partial charge in [0.15, 0.2) is 12.4 Å². The molecule has 6 heteroatoms. The second-order valence-corrected chi connectivity index (χ2v) is 5.97. The van der Waals surface area contributed by atoms with Crippen molar-refractivity contribution in [2.75, 3.05) is 6.61 Å². The minimum Gasteiger partial charge on any atom is -0.507 e. The van der Waals surface area contributed by atoms with E-state index >= 15 is 0 Å². The number of hydrogen-bond donors (Lipinski definition) is 2. The van der Waals surface area contributed by atoms with Crippen LogP contribution < -0.4 is 5.32 Å². The number of hydrogen-bond acceptors (Lipinski definition) is 5. The third-order valence-corrected chi connectivity index (χ3v) is 3.90. The molecule has 2 N–H and O–H groups in total. The van der Waals surface area contributed by atoms with Crippen molar-refractivity contribution < 1.29 is 24.2 Å². The topological polar surface area (TPSA) is 92.7 Å². The highest BCUT2D eigenvalue weighted by atomic mass is 16.5. The Bertz CT molecular complexity index is 801. The van der Waals surface area contributed by atoms with Gasteiger partial charge in [-0.05, 0) is 37.5 Å². The molecule has 0 fully saturated rings.